The molecule has 1 aromatic heterocycles. The number of hydrogen-bond acceptors (Lipinski definition) is 9. The highest BCUT2D eigenvalue weighted by molar-refractivity contribution is 7.99. The Bertz CT molecular complexity index is 1360. The molecule has 0 unspecified atom stereocenters. The third-order valence-electron chi connectivity index (χ3n) is 5.13. The van der Waals surface area contributed by atoms with E-state index in [0.717, 1.165) is 28.6 Å². The lowest BCUT2D eigenvalue weighted by Crippen LogP contribution is -2.22. The van der Waals surface area contributed by atoms with Gasteiger partial charge in [-0.05, 0) is 66.2 Å². The van der Waals surface area contributed by atoms with Gasteiger partial charge in [0.25, 0.3) is 0 Å². The second kappa shape index (κ2) is 11.3. The van der Waals surface area contributed by atoms with Gasteiger partial charge < -0.3 is 24.7 Å². The maximum absolute atomic E-state index is 12.4. The highest BCUT2D eigenvalue weighted by atomic mass is 32.2. The summed E-state index contributed by atoms with van der Waals surface area (Å²) in [5.41, 5.74) is 3.33. The number of nitrogens with one attached hydrogen (secondary N) is 1. The Labute approximate surface area is 211 Å². The number of benzene rings is 3. The van der Waals surface area contributed by atoms with Gasteiger partial charge in [0.15, 0.2) is 0 Å². The van der Waals surface area contributed by atoms with Crippen LogP contribution < -0.4 is 19.9 Å². The van der Waals surface area contributed by atoms with Crippen molar-refractivity contribution < 1.29 is 24.2 Å². The van der Waals surface area contributed by atoms with Gasteiger partial charge in [-0.15, -0.1) is 10.2 Å². The highest BCUT2D eigenvalue weighted by Gasteiger charge is 2.15. The lowest BCUT2D eigenvalue weighted by atomic mass is 10.0. The fourth-order valence-electron chi connectivity index (χ4n) is 3.28. The maximum Gasteiger partial charge on any atom is 0.234 e. The number of aromatic nitrogens is 3. The van der Waals surface area contributed by atoms with Gasteiger partial charge in [0.05, 0.1) is 25.9 Å². The minimum absolute atomic E-state index is 0.0323. The largest absolute Gasteiger partial charge is 0.545 e. The van der Waals surface area contributed by atoms with E-state index in [2.05, 4.69) is 15.5 Å². The first-order valence-corrected chi connectivity index (χ1v) is 11.7. The first-order valence-electron chi connectivity index (χ1n) is 10.7. The van der Waals surface area contributed by atoms with Gasteiger partial charge in [-0.1, -0.05) is 23.9 Å². The van der Waals surface area contributed by atoms with Crippen LogP contribution in [0.2, 0.25) is 0 Å². The quantitative estimate of drug-likeness (QED) is 0.344. The highest BCUT2D eigenvalue weighted by Crippen LogP contribution is 2.31. The van der Waals surface area contributed by atoms with Gasteiger partial charge in [0, 0.05) is 16.8 Å². The maximum atomic E-state index is 12.4. The van der Waals surface area contributed by atoms with Gasteiger partial charge in [0.1, 0.15) is 22.9 Å². The Morgan fingerprint density at radius 3 is 1.89 bits per heavy atom. The zero-order valence-corrected chi connectivity index (χ0v) is 20.2. The summed E-state index contributed by atoms with van der Waals surface area (Å²) in [6.07, 6.45) is 0. The Morgan fingerprint density at radius 2 is 1.36 bits per heavy atom. The molecule has 3 aromatic carbocycles. The van der Waals surface area contributed by atoms with Crippen LogP contribution in [-0.4, -0.2) is 47.0 Å². The number of carbonyl (C=O) groups excluding carboxylic acids is 2. The summed E-state index contributed by atoms with van der Waals surface area (Å²) >= 11 is 1.14. The third-order valence-corrected chi connectivity index (χ3v) is 5.97. The van der Waals surface area contributed by atoms with E-state index in [1.807, 2.05) is 48.5 Å². The van der Waals surface area contributed by atoms with Crippen LogP contribution in [0.4, 0.5) is 5.69 Å². The topological polar surface area (TPSA) is 126 Å². The number of rotatable bonds is 9. The van der Waals surface area contributed by atoms with Crippen molar-refractivity contribution in [1.29, 1.82) is 0 Å². The zero-order valence-electron chi connectivity index (χ0n) is 19.4. The average Bonchev–Trinajstić information content (AvgIpc) is 2.92. The molecule has 4 aromatic rings. The van der Waals surface area contributed by atoms with Crippen molar-refractivity contribution in [3.05, 3.63) is 78.4 Å². The minimum Gasteiger partial charge on any atom is -0.545 e. The number of carboxylic acids is 1. The predicted octanol–water partition coefficient (Wildman–Crippen LogP) is 3.32. The SMILES string of the molecule is COc1ccc(-c2nnc(SCC(=O)Nc3ccc(C(=O)[O-])cc3)nc2-c2ccc(OC)cc2)cc1. The molecule has 0 radical (unpaired) electrons. The minimum atomic E-state index is -1.28. The molecule has 1 N–H and O–H groups in total. The van der Waals surface area contributed by atoms with Crippen molar-refractivity contribution in [2.45, 2.75) is 5.16 Å². The smallest absolute Gasteiger partial charge is 0.234 e. The molecule has 0 spiro atoms. The van der Waals surface area contributed by atoms with Crippen LogP contribution >= 0.6 is 11.8 Å². The summed E-state index contributed by atoms with van der Waals surface area (Å²) < 4.78 is 10.5. The number of amides is 1. The first kappa shape index (κ1) is 24.7. The van der Waals surface area contributed by atoms with Crippen LogP contribution in [-0.2, 0) is 4.79 Å². The number of carboxylic acid groups (broad SMARTS) is 1. The van der Waals surface area contributed by atoms with E-state index in [0.29, 0.717) is 28.0 Å². The lowest BCUT2D eigenvalue weighted by Gasteiger charge is -2.11. The monoisotopic (exact) mass is 501 g/mol. The molecule has 0 fully saturated rings. The van der Waals surface area contributed by atoms with Crippen molar-refractivity contribution in [2.75, 3.05) is 25.3 Å². The molecule has 0 aliphatic carbocycles. The number of anilines is 1. The third kappa shape index (κ3) is 5.97. The van der Waals surface area contributed by atoms with Gasteiger partial charge >= 0.3 is 0 Å². The number of thioether (sulfide) groups is 1. The van der Waals surface area contributed by atoms with Gasteiger partial charge in [-0.3, -0.25) is 4.79 Å². The molecule has 182 valence electrons. The number of hydrogen-bond donors (Lipinski definition) is 1. The van der Waals surface area contributed by atoms with E-state index < -0.39 is 5.97 Å². The van der Waals surface area contributed by atoms with Crippen LogP contribution in [0.1, 0.15) is 10.4 Å². The van der Waals surface area contributed by atoms with Gasteiger partial charge in [-0.2, -0.15) is 0 Å². The normalized spacial score (nSPS) is 10.5. The molecule has 0 aliphatic heterocycles. The van der Waals surface area contributed by atoms with Crippen LogP contribution in [0.25, 0.3) is 22.5 Å². The second-order valence-corrected chi connectivity index (χ2v) is 8.39. The molecular weight excluding hydrogens is 480 g/mol. The summed E-state index contributed by atoms with van der Waals surface area (Å²) in [6.45, 7) is 0. The standard InChI is InChI=1S/C26H22N4O5S/c1-34-20-11-5-16(6-12-20)23-24(17-7-13-21(35-2)14-8-17)29-30-26(28-23)36-15-22(31)27-19-9-3-18(4-10-19)25(32)33/h3-14H,15H2,1-2H3,(H,27,31)(H,32,33)/p-1. The van der Waals surface area contributed by atoms with Gasteiger partial charge in [0.2, 0.25) is 11.1 Å². The Kier molecular flexibility index (Phi) is 7.76. The van der Waals surface area contributed by atoms with Crippen LogP contribution in [0.5, 0.6) is 11.5 Å². The summed E-state index contributed by atoms with van der Waals surface area (Å²) in [4.78, 5) is 28.0. The Hall–Kier alpha value is -4.44. The number of nitrogens with zero attached hydrogens (tertiary/aromatic N) is 3. The summed E-state index contributed by atoms with van der Waals surface area (Å²) in [5.74, 6) is -0.105. The Morgan fingerprint density at radius 1 is 0.806 bits per heavy atom. The molecule has 1 heterocycles. The molecule has 9 nitrogen and oxygen atoms in total. The molecule has 10 heteroatoms. The molecule has 0 saturated carbocycles. The number of ether oxygens (including phenoxy) is 2. The summed E-state index contributed by atoms with van der Waals surface area (Å²) in [5, 5.41) is 22.5. The van der Waals surface area contributed by atoms with Crippen molar-refractivity contribution in [1.82, 2.24) is 15.2 Å². The Balaban J connectivity index is 1.54. The zero-order chi connectivity index (χ0) is 25.5. The van der Waals surface area contributed by atoms with Crippen LogP contribution in [0, 0.1) is 0 Å². The average molecular weight is 502 g/mol. The van der Waals surface area contributed by atoms with E-state index in [-0.39, 0.29) is 17.2 Å². The second-order valence-electron chi connectivity index (χ2n) is 7.45. The van der Waals surface area contributed by atoms with Crippen molar-refractivity contribution in [2.24, 2.45) is 0 Å². The number of aromatic carboxylic acids is 1. The fraction of sp³-hybridized carbons (Fsp3) is 0.115. The molecule has 1 amide bonds. The fourth-order valence-corrected chi connectivity index (χ4v) is 3.87. The predicted molar refractivity (Wildman–Crippen MR) is 134 cm³/mol. The van der Waals surface area contributed by atoms with Crippen molar-refractivity contribution in [3.8, 4) is 34.0 Å². The number of carbonyl (C=O) groups is 2. The van der Waals surface area contributed by atoms with E-state index in [4.69, 9.17) is 14.5 Å². The molecule has 0 saturated heterocycles. The van der Waals surface area contributed by atoms with Crippen molar-refractivity contribution >= 4 is 29.3 Å². The summed E-state index contributed by atoms with van der Waals surface area (Å²) in [6, 6.07) is 20.6. The molecule has 0 aliphatic rings. The molecule has 36 heavy (non-hydrogen) atoms. The molecule has 0 bridgehead atoms. The van der Waals surface area contributed by atoms with E-state index in [1.165, 1.54) is 24.3 Å². The first-order chi connectivity index (χ1) is 17.5. The van der Waals surface area contributed by atoms with E-state index in [9.17, 15) is 14.7 Å². The van der Waals surface area contributed by atoms with Crippen molar-refractivity contribution in [3.63, 3.8) is 0 Å². The van der Waals surface area contributed by atoms with Crippen LogP contribution in [0.15, 0.2) is 78.0 Å². The molecule has 0 atom stereocenters. The molecule has 4 rings (SSSR count). The van der Waals surface area contributed by atoms with Crippen LogP contribution in [0.3, 0.4) is 0 Å². The molecular formula is C26H21N4O5S-. The van der Waals surface area contributed by atoms with E-state index >= 15 is 0 Å². The van der Waals surface area contributed by atoms with E-state index in [1.54, 1.807) is 14.2 Å². The number of methoxy groups -OCH3 is 2. The van der Waals surface area contributed by atoms with Gasteiger partial charge in [-0.25, -0.2) is 4.98 Å². The lowest BCUT2D eigenvalue weighted by molar-refractivity contribution is -0.255. The summed E-state index contributed by atoms with van der Waals surface area (Å²) in [7, 11) is 3.20.